The molecule has 0 bridgehead atoms. The number of ether oxygens (including phenoxy) is 1. The standard InChI is InChI=1S/C19H21NO2S/c1-15-7-9-17(10-8-15)23-14-19(21)20-11-12-22-18(13-20)16-5-3-2-4-6-16/h2-10,18H,11-14H2,1H3. The first-order chi connectivity index (χ1) is 11.2. The maximum absolute atomic E-state index is 12.5. The topological polar surface area (TPSA) is 29.5 Å². The molecule has 0 aromatic heterocycles. The minimum atomic E-state index is -0.0155. The number of hydrogen-bond donors (Lipinski definition) is 0. The van der Waals surface area contributed by atoms with E-state index in [9.17, 15) is 4.79 Å². The Morgan fingerprint density at radius 2 is 1.91 bits per heavy atom. The zero-order valence-corrected chi connectivity index (χ0v) is 14.1. The zero-order chi connectivity index (χ0) is 16.1. The summed E-state index contributed by atoms with van der Waals surface area (Å²) in [5.74, 6) is 0.657. The average molecular weight is 327 g/mol. The summed E-state index contributed by atoms with van der Waals surface area (Å²) < 4.78 is 5.82. The van der Waals surface area contributed by atoms with Crippen LogP contribution in [-0.2, 0) is 9.53 Å². The highest BCUT2D eigenvalue weighted by atomic mass is 32.2. The monoisotopic (exact) mass is 327 g/mol. The minimum absolute atomic E-state index is 0.0155. The molecule has 23 heavy (non-hydrogen) atoms. The molecule has 1 amide bonds. The predicted molar refractivity (Wildman–Crippen MR) is 93.6 cm³/mol. The van der Waals surface area contributed by atoms with E-state index < -0.39 is 0 Å². The molecule has 120 valence electrons. The lowest BCUT2D eigenvalue weighted by atomic mass is 10.1. The van der Waals surface area contributed by atoms with Crippen LogP contribution in [-0.4, -0.2) is 36.3 Å². The summed E-state index contributed by atoms with van der Waals surface area (Å²) in [5, 5.41) is 0. The number of morpholine rings is 1. The number of rotatable bonds is 4. The van der Waals surface area contributed by atoms with E-state index in [1.807, 2.05) is 23.1 Å². The SMILES string of the molecule is Cc1ccc(SCC(=O)N2CCOC(c3ccccc3)C2)cc1. The fraction of sp³-hybridized carbons (Fsp3) is 0.316. The quantitative estimate of drug-likeness (QED) is 0.802. The van der Waals surface area contributed by atoms with Crippen molar-refractivity contribution in [1.82, 2.24) is 4.90 Å². The molecule has 1 saturated heterocycles. The third-order valence-electron chi connectivity index (χ3n) is 3.97. The van der Waals surface area contributed by atoms with Gasteiger partial charge in [0.25, 0.3) is 0 Å². The minimum Gasteiger partial charge on any atom is -0.370 e. The van der Waals surface area contributed by atoms with Gasteiger partial charge in [-0.25, -0.2) is 0 Å². The lowest BCUT2D eigenvalue weighted by Crippen LogP contribution is -2.43. The van der Waals surface area contributed by atoms with Crippen LogP contribution < -0.4 is 0 Å². The van der Waals surface area contributed by atoms with Crippen molar-refractivity contribution in [2.75, 3.05) is 25.4 Å². The molecule has 1 heterocycles. The van der Waals surface area contributed by atoms with E-state index in [-0.39, 0.29) is 12.0 Å². The first-order valence-electron chi connectivity index (χ1n) is 7.86. The Balaban J connectivity index is 1.55. The highest BCUT2D eigenvalue weighted by Crippen LogP contribution is 2.24. The van der Waals surface area contributed by atoms with E-state index in [1.54, 1.807) is 11.8 Å². The number of carbonyl (C=O) groups is 1. The highest BCUT2D eigenvalue weighted by molar-refractivity contribution is 8.00. The number of carbonyl (C=O) groups excluding carboxylic acids is 1. The molecule has 1 unspecified atom stereocenters. The van der Waals surface area contributed by atoms with Crippen molar-refractivity contribution in [2.45, 2.75) is 17.9 Å². The Morgan fingerprint density at radius 3 is 2.65 bits per heavy atom. The van der Waals surface area contributed by atoms with Crippen LogP contribution >= 0.6 is 11.8 Å². The van der Waals surface area contributed by atoms with Crippen molar-refractivity contribution < 1.29 is 9.53 Å². The van der Waals surface area contributed by atoms with E-state index in [1.165, 1.54) is 5.56 Å². The van der Waals surface area contributed by atoms with Crippen molar-refractivity contribution in [1.29, 1.82) is 0 Å². The molecule has 0 N–H and O–H groups in total. The first-order valence-corrected chi connectivity index (χ1v) is 8.85. The summed E-state index contributed by atoms with van der Waals surface area (Å²) in [4.78, 5) is 15.5. The van der Waals surface area contributed by atoms with Gasteiger partial charge >= 0.3 is 0 Å². The lowest BCUT2D eigenvalue weighted by Gasteiger charge is -2.33. The van der Waals surface area contributed by atoms with Gasteiger partial charge in [-0.3, -0.25) is 4.79 Å². The van der Waals surface area contributed by atoms with Crippen LogP contribution in [0.1, 0.15) is 17.2 Å². The number of amides is 1. The summed E-state index contributed by atoms with van der Waals surface area (Å²) in [6.07, 6.45) is -0.0155. The van der Waals surface area contributed by atoms with Crippen LogP contribution in [0.4, 0.5) is 0 Å². The molecule has 0 saturated carbocycles. The molecule has 1 aliphatic rings. The molecule has 3 nitrogen and oxygen atoms in total. The number of nitrogens with zero attached hydrogens (tertiary/aromatic N) is 1. The van der Waals surface area contributed by atoms with Gasteiger partial charge in [0.1, 0.15) is 6.10 Å². The van der Waals surface area contributed by atoms with Gasteiger partial charge in [-0.15, -0.1) is 11.8 Å². The molecule has 1 atom stereocenters. The third kappa shape index (κ3) is 4.36. The molecular formula is C19H21NO2S. The summed E-state index contributed by atoms with van der Waals surface area (Å²) in [7, 11) is 0. The van der Waals surface area contributed by atoms with Gasteiger partial charge in [-0.1, -0.05) is 48.0 Å². The molecular weight excluding hydrogens is 306 g/mol. The number of thioether (sulfide) groups is 1. The van der Waals surface area contributed by atoms with Gasteiger partial charge in [0.05, 0.1) is 18.9 Å². The van der Waals surface area contributed by atoms with Crippen LogP contribution in [0.15, 0.2) is 59.5 Å². The number of hydrogen-bond acceptors (Lipinski definition) is 3. The van der Waals surface area contributed by atoms with Gasteiger partial charge in [0.2, 0.25) is 5.91 Å². The molecule has 2 aromatic rings. The second-order valence-corrected chi connectivity index (χ2v) is 6.76. The van der Waals surface area contributed by atoms with Gasteiger partial charge in [-0.05, 0) is 24.6 Å². The number of benzene rings is 2. The van der Waals surface area contributed by atoms with Crippen molar-refractivity contribution >= 4 is 17.7 Å². The Bertz CT molecular complexity index is 642. The fourth-order valence-electron chi connectivity index (χ4n) is 2.62. The molecule has 3 rings (SSSR count). The Labute approximate surface area is 141 Å². The highest BCUT2D eigenvalue weighted by Gasteiger charge is 2.25. The van der Waals surface area contributed by atoms with Crippen molar-refractivity contribution in [3.05, 3.63) is 65.7 Å². The first kappa shape index (κ1) is 16.1. The van der Waals surface area contributed by atoms with Crippen molar-refractivity contribution in [2.24, 2.45) is 0 Å². The molecule has 4 heteroatoms. The summed E-state index contributed by atoms with van der Waals surface area (Å²) in [6, 6.07) is 18.4. The Hall–Kier alpha value is -1.78. The van der Waals surface area contributed by atoms with Crippen LogP contribution in [0.5, 0.6) is 0 Å². The van der Waals surface area contributed by atoms with Crippen LogP contribution in [0.3, 0.4) is 0 Å². The molecule has 1 fully saturated rings. The summed E-state index contributed by atoms with van der Waals surface area (Å²) in [6.45, 7) is 3.98. The van der Waals surface area contributed by atoms with E-state index in [2.05, 4.69) is 43.3 Å². The number of aryl methyl sites for hydroxylation is 1. The van der Waals surface area contributed by atoms with Crippen LogP contribution in [0.25, 0.3) is 0 Å². The third-order valence-corrected chi connectivity index (χ3v) is 4.97. The lowest BCUT2D eigenvalue weighted by molar-refractivity contribution is -0.136. The van der Waals surface area contributed by atoms with Crippen LogP contribution in [0.2, 0.25) is 0 Å². The maximum Gasteiger partial charge on any atom is 0.233 e. The van der Waals surface area contributed by atoms with Gasteiger partial charge in [0, 0.05) is 11.4 Å². The molecule has 1 aliphatic heterocycles. The zero-order valence-electron chi connectivity index (χ0n) is 13.3. The van der Waals surface area contributed by atoms with E-state index in [0.29, 0.717) is 25.4 Å². The smallest absolute Gasteiger partial charge is 0.233 e. The second-order valence-electron chi connectivity index (χ2n) is 5.71. The summed E-state index contributed by atoms with van der Waals surface area (Å²) >= 11 is 1.60. The van der Waals surface area contributed by atoms with E-state index >= 15 is 0 Å². The van der Waals surface area contributed by atoms with Gasteiger partial charge in [0.15, 0.2) is 0 Å². The van der Waals surface area contributed by atoms with Gasteiger partial charge in [-0.2, -0.15) is 0 Å². The maximum atomic E-state index is 12.5. The molecule has 0 radical (unpaired) electrons. The molecule has 0 aliphatic carbocycles. The molecule has 2 aromatic carbocycles. The average Bonchev–Trinajstić information content (AvgIpc) is 2.62. The van der Waals surface area contributed by atoms with Crippen LogP contribution in [0, 0.1) is 6.92 Å². The molecule has 0 spiro atoms. The van der Waals surface area contributed by atoms with Crippen molar-refractivity contribution in [3.8, 4) is 0 Å². The van der Waals surface area contributed by atoms with Gasteiger partial charge < -0.3 is 9.64 Å². The summed E-state index contributed by atoms with van der Waals surface area (Å²) in [5.41, 5.74) is 2.37. The van der Waals surface area contributed by atoms with E-state index in [4.69, 9.17) is 4.74 Å². The Kier molecular flexibility index (Phi) is 5.36. The normalized spacial score (nSPS) is 18.0. The van der Waals surface area contributed by atoms with E-state index in [0.717, 1.165) is 10.5 Å². The predicted octanol–water partition coefficient (Wildman–Crippen LogP) is 3.69. The largest absolute Gasteiger partial charge is 0.370 e. The Morgan fingerprint density at radius 1 is 1.17 bits per heavy atom. The second kappa shape index (κ2) is 7.66. The fourth-order valence-corrected chi connectivity index (χ4v) is 3.42. The van der Waals surface area contributed by atoms with Crippen molar-refractivity contribution in [3.63, 3.8) is 0 Å².